The smallest absolute Gasteiger partial charge is 0.131 e. The molecule has 2 nitrogen and oxygen atoms in total. The molecule has 1 rings (SSSR count). The van der Waals surface area contributed by atoms with Gasteiger partial charge in [-0.3, -0.25) is 0 Å². The molecule has 0 aliphatic heterocycles. The standard InChI is InChI=1S/C14H21F2NO/c1-10(2)5-4-8-17-9-13(18)14-11(15)6-3-7-12(14)16/h3,6-7,10,13,17-18H,4-5,8-9H2,1-2H3. The van der Waals surface area contributed by atoms with Gasteiger partial charge in [-0.05, 0) is 37.4 Å². The van der Waals surface area contributed by atoms with E-state index < -0.39 is 17.7 Å². The van der Waals surface area contributed by atoms with E-state index in [1.165, 1.54) is 6.07 Å². The van der Waals surface area contributed by atoms with Gasteiger partial charge in [-0.15, -0.1) is 0 Å². The molecule has 0 bridgehead atoms. The highest BCUT2D eigenvalue weighted by atomic mass is 19.1. The van der Waals surface area contributed by atoms with Gasteiger partial charge in [-0.2, -0.15) is 0 Å². The van der Waals surface area contributed by atoms with Crippen molar-refractivity contribution in [2.24, 2.45) is 5.92 Å². The fraction of sp³-hybridized carbons (Fsp3) is 0.571. The molecule has 1 aromatic rings. The first kappa shape index (κ1) is 15.1. The molecule has 0 saturated carbocycles. The maximum absolute atomic E-state index is 13.4. The highest BCUT2D eigenvalue weighted by Gasteiger charge is 2.16. The number of aliphatic hydroxyl groups is 1. The molecule has 0 radical (unpaired) electrons. The van der Waals surface area contributed by atoms with Crippen LogP contribution in [0.1, 0.15) is 38.4 Å². The Bertz CT molecular complexity index is 349. The third-order valence-corrected chi connectivity index (χ3v) is 2.81. The van der Waals surface area contributed by atoms with E-state index in [9.17, 15) is 13.9 Å². The summed E-state index contributed by atoms with van der Waals surface area (Å²) in [7, 11) is 0. The van der Waals surface area contributed by atoms with E-state index in [2.05, 4.69) is 19.2 Å². The zero-order valence-corrected chi connectivity index (χ0v) is 10.9. The molecule has 0 aliphatic rings. The topological polar surface area (TPSA) is 32.3 Å². The van der Waals surface area contributed by atoms with Crippen molar-refractivity contribution in [2.75, 3.05) is 13.1 Å². The molecule has 1 aromatic carbocycles. The molecule has 0 saturated heterocycles. The molecule has 18 heavy (non-hydrogen) atoms. The third kappa shape index (κ3) is 4.70. The Morgan fingerprint density at radius 2 is 1.83 bits per heavy atom. The van der Waals surface area contributed by atoms with E-state index in [1.54, 1.807) is 0 Å². The molecule has 0 fully saturated rings. The van der Waals surface area contributed by atoms with Crippen LogP contribution >= 0.6 is 0 Å². The van der Waals surface area contributed by atoms with Gasteiger partial charge >= 0.3 is 0 Å². The summed E-state index contributed by atoms with van der Waals surface area (Å²) in [6, 6.07) is 3.59. The number of halogens is 2. The van der Waals surface area contributed by atoms with Crippen LogP contribution in [0, 0.1) is 17.6 Å². The van der Waals surface area contributed by atoms with Crippen molar-refractivity contribution >= 4 is 0 Å². The molecular formula is C14H21F2NO. The molecule has 1 atom stereocenters. The van der Waals surface area contributed by atoms with Crippen molar-refractivity contribution in [3.8, 4) is 0 Å². The van der Waals surface area contributed by atoms with Gasteiger partial charge < -0.3 is 10.4 Å². The van der Waals surface area contributed by atoms with E-state index in [4.69, 9.17) is 0 Å². The lowest BCUT2D eigenvalue weighted by molar-refractivity contribution is 0.165. The van der Waals surface area contributed by atoms with Crippen LogP contribution in [0.3, 0.4) is 0 Å². The van der Waals surface area contributed by atoms with Crippen molar-refractivity contribution in [3.05, 3.63) is 35.4 Å². The van der Waals surface area contributed by atoms with Gasteiger partial charge in [0, 0.05) is 6.54 Å². The van der Waals surface area contributed by atoms with Crippen LogP contribution in [0.5, 0.6) is 0 Å². The molecule has 0 aliphatic carbocycles. The van der Waals surface area contributed by atoms with E-state index >= 15 is 0 Å². The summed E-state index contributed by atoms with van der Waals surface area (Å²) in [6.45, 7) is 5.19. The predicted molar refractivity (Wildman–Crippen MR) is 68.3 cm³/mol. The number of benzene rings is 1. The Labute approximate surface area is 107 Å². The van der Waals surface area contributed by atoms with Gasteiger partial charge in [-0.1, -0.05) is 19.9 Å². The zero-order chi connectivity index (χ0) is 13.5. The number of aliphatic hydroxyl groups excluding tert-OH is 1. The second-order valence-electron chi connectivity index (χ2n) is 4.89. The number of hydrogen-bond donors (Lipinski definition) is 2. The fourth-order valence-electron chi connectivity index (χ4n) is 1.81. The van der Waals surface area contributed by atoms with Gasteiger partial charge in [-0.25, -0.2) is 8.78 Å². The summed E-state index contributed by atoms with van der Waals surface area (Å²) < 4.78 is 26.7. The van der Waals surface area contributed by atoms with Crippen LogP contribution in [0.25, 0.3) is 0 Å². The lowest BCUT2D eigenvalue weighted by Crippen LogP contribution is -2.24. The predicted octanol–water partition coefficient (Wildman–Crippen LogP) is 3.02. The summed E-state index contributed by atoms with van der Waals surface area (Å²) in [5.74, 6) is -0.765. The van der Waals surface area contributed by atoms with E-state index in [0.717, 1.165) is 31.5 Å². The average Bonchev–Trinajstić information content (AvgIpc) is 2.27. The van der Waals surface area contributed by atoms with Gasteiger partial charge in [0.15, 0.2) is 0 Å². The van der Waals surface area contributed by atoms with Crippen molar-refractivity contribution in [2.45, 2.75) is 32.8 Å². The Balaban J connectivity index is 2.39. The minimum Gasteiger partial charge on any atom is -0.387 e. The Hall–Kier alpha value is -1.00. The summed E-state index contributed by atoms with van der Waals surface area (Å²) in [6.07, 6.45) is 0.937. The summed E-state index contributed by atoms with van der Waals surface area (Å²) in [5, 5.41) is 12.8. The summed E-state index contributed by atoms with van der Waals surface area (Å²) >= 11 is 0. The second-order valence-corrected chi connectivity index (χ2v) is 4.89. The van der Waals surface area contributed by atoms with Gasteiger partial charge in [0.1, 0.15) is 11.6 Å². The van der Waals surface area contributed by atoms with Crippen molar-refractivity contribution in [1.82, 2.24) is 5.32 Å². The van der Waals surface area contributed by atoms with Gasteiger partial charge in [0.05, 0.1) is 11.7 Å². The van der Waals surface area contributed by atoms with Crippen LogP contribution in [0.2, 0.25) is 0 Å². The molecule has 0 amide bonds. The van der Waals surface area contributed by atoms with Crippen molar-refractivity contribution in [1.29, 1.82) is 0 Å². The number of hydrogen-bond acceptors (Lipinski definition) is 2. The normalized spacial score (nSPS) is 13.0. The number of nitrogens with one attached hydrogen (secondary N) is 1. The van der Waals surface area contributed by atoms with E-state index in [0.29, 0.717) is 5.92 Å². The van der Waals surface area contributed by atoms with Crippen molar-refractivity contribution in [3.63, 3.8) is 0 Å². The first-order valence-corrected chi connectivity index (χ1v) is 6.35. The summed E-state index contributed by atoms with van der Waals surface area (Å²) in [5.41, 5.74) is -0.256. The number of rotatable bonds is 7. The van der Waals surface area contributed by atoms with Gasteiger partial charge in [0.2, 0.25) is 0 Å². The maximum Gasteiger partial charge on any atom is 0.131 e. The average molecular weight is 257 g/mol. The largest absolute Gasteiger partial charge is 0.387 e. The third-order valence-electron chi connectivity index (χ3n) is 2.81. The molecule has 0 heterocycles. The minimum atomic E-state index is -1.15. The second kappa shape index (κ2) is 7.44. The highest BCUT2D eigenvalue weighted by molar-refractivity contribution is 5.22. The lowest BCUT2D eigenvalue weighted by Gasteiger charge is -2.14. The SMILES string of the molecule is CC(C)CCCNCC(O)c1c(F)cccc1F. The monoisotopic (exact) mass is 257 g/mol. The maximum atomic E-state index is 13.4. The molecule has 102 valence electrons. The zero-order valence-electron chi connectivity index (χ0n) is 10.9. The quantitative estimate of drug-likeness (QED) is 0.736. The van der Waals surface area contributed by atoms with Crippen LogP contribution in [0.15, 0.2) is 18.2 Å². The highest BCUT2D eigenvalue weighted by Crippen LogP contribution is 2.19. The molecule has 1 unspecified atom stereocenters. The Kier molecular flexibility index (Phi) is 6.22. The first-order chi connectivity index (χ1) is 8.52. The van der Waals surface area contributed by atoms with Crippen LogP contribution in [0.4, 0.5) is 8.78 Å². The molecule has 4 heteroatoms. The molecule has 2 N–H and O–H groups in total. The Morgan fingerprint density at radius 1 is 1.22 bits per heavy atom. The minimum absolute atomic E-state index is 0.163. The summed E-state index contributed by atoms with van der Waals surface area (Å²) in [4.78, 5) is 0. The van der Waals surface area contributed by atoms with Gasteiger partial charge in [0.25, 0.3) is 0 Å². The molecular weight excluding hydrogens is 236 g/mol. The molecule has 0 aromatic heterocycles. The van der Waals surface area contributed by atoms with Crippen molar-refractivity contribution < 1.29 is 13.9 Å². The van der Waals surface area contributed by atoms with Crippen LogP contribution in [-0.4, -0.2) is 18.2 Å². The van der Waals surface area contributed by atoms with Crippen LogP contribution in [-0.2, 0) is 0 Å². The van der Waals surface area contributed by atoms with E-state index in [1.807, 2.05) is 0 Å². The first-order valence-electron chi connectivity index (χ1n) is 6.35. The molecule has 0 spiro atoms. The van der Waals surface area contributed by atoms with Crippen LogP contribution < -0.4 is 5.32 Å². The fourth-order valence-corrected chi connectivity index (χ4v) is 1.81. The Morgan fingerprint density at radius 3 is 2.39 bits per heavy atom. The van der Waals surface area contributed by atoms with E-state index in [-0.39, 0.29) is 12.1 Å². The lowest BCUT2D eigenvalue weighted by atomic mass is 10.1.